The van der Waals surface area contributed by atoms with Gasteiger partial charge in [-0.25, -0.2) is 4.79 Å². The van der Waals surface area contributed by atoms with Crippen molar-refractivity contribution in [2.45, 2.75) is 60.2 Å². The van der Waals surface area contributed by atoms with E-state index >= 15 is 0 Å². The van der Waals surface area contributed by atoms with Crippen molar-refractivity contribution in [1.29, 1.82) is 0 Å². The second kappa shape index (κ2) is 12.1. The topological polar surface area (TPSA) is 102 Å². The van der Waals surface area contributed by atoms with E-state index < -0.39 is 30.2 Å². The molecule has 0 aliphatic heterocycles. The first-order valence-electron chi connectivity index (χ1n) is 10.1. The first kappa shape index (κ1) is 24.5. The smallest absolute Gasteiger partial charge is 0.410 e. The normalized spacial score (nSPS) is 13.1. The highest BCUT2D eigenvalue weighted by Gasteiger charge is 2.24. The monoisotopic (exact) mass is 407 g/mol. The maximum atomic E-state index is 12.1. The molecule has 162 valence electrons. The predicted molar refractivity (Wildman–Crippen MR) is 109 cm³/mol. The number of alkyl carbamates (subject to hydrolysis) is 1. The molecule has 7 heteroatoms. The first-order valence-corrected chi connectivity index (χ1v) is 10.1. The molecule has 0 bridgehead atoms. The highest BCUT2D eigenvalue weighted by Crippen LogP contribution is 2.15. The summed E-state index contributed by atoms with van der Waals surface area (Å²) < 4.78 is 10.2. The third-order valence-corrected chi connectivity index (χ3v) is 4.26. The van der Waals surface area contributed by atoms with E-state index in [1.54, 1.807) is 20.8 Å². The van der Waals surface area contributed by atoms with Gasteiger partial charge >= 0.3 is 18.0 Å². The zero-order chi connectivity index (χ0) is 22.0. The van der Waals surface area contributed by atoms with Crippen molar-refractivity contribution in [3.63, 3.8) is 0 Å². The lowest BCUT2D eigenvalue weighted by Gasteiger charge is -2.22. The molecule has 2 atom stereocenters. The van der Waals surface area contributed by atoms with E-state index in [1.807, 2.05) is 24.3 Å². The van der Waals surface area contributed by atoms with Crippen molar-refractivity contribution in [1.82, 2.24) is 5.32 Å². The van der Waals surface area contributed by atoms with Gasteiger partial charge in [0.25, 0.3) is 6.29 Å². The van der Waals surface area contributed by atoms with E-state index in [0.29, 0.717) is 12.3 Å². The summed E-state index contributed by atoms with van der Waals surface area (Å²) in [7, 11) is 0. The van der Waals surface area contributed by atoms with Gasteiger partial charge in [0, 0.05) is 18.9 Å². The summed E-state index contributed by atoms with van der Waals surface area (Å²) in [5.41, 5.74) is 2.06. The molecule has 1 aromatic carbocycles. The van der Waals surface area contributed by atoms with Gasteiger partial charge in [0.2, 0.25) is 0 Å². The molecule has 0 aliphatic carbocycles. The van der Waals surface area contributed by atoms with Crippen molar-refractivity contribution < 1.29 is 29.0 Å². The Morgan fingerprint density at radius 1 is 1.03 bits per heavy atom. The summed E-state index contributed by atoms with van der Waals surface area (Å²) in [6.45, 7) is 9.33. The number of ether oxygens (including phenoxy) is 2. The van der Waals surface area contributed by atoms with Crippen LogP contribution in [-0.4, -0.2) is 36.0 Å². The van der Waals surface area contributed by atoms with E-state index in [4.69, 9.17) is 9.47 Å². The van der Waals surface area contributed by atoms with Crippen LogP contribution in [0.5, 0.6) is 0 Å². The van der Waals surface area contributed by atoms with Gasteiger partial charge in [0.05, 0.1) is 5.92 Å². The molecule has 0 saturated carbocycles. The molecule has 2 N–H and O–H groups in total. The Bertz CT molecular complexity index is 686. The van der Waals surface area contributed by atoms with Crippen LogP contribution in [0, 0.1) is 17.8 Å². The fraction of sp³-hybridized carbons (Fsp3) is 0.591. The van der Waals surface area contributed by atoms with Crippen molar-refractivity contribution in [2.24, 2.45) is 17.8 Å². The third kappa shape index (κ3) is 9.45. The fourth-order valence-electron chi connectivity index (χ4n) is 2.75. The molecule has 0 radical (unpaired) electrons. The standard InChI is InChI=1S/C22H33NO6/c1-6-19(24)28-21(15(4)5)29-22(27)23-13-18(20(25)26)12-17-9-7-8-16(11-17)10-14(2)3/h7-9,11,14-15,18,21H,6,10,12-13H2,1-5H3,(H,23,27)(H,25,26)/t18-,21+/m0/s1. The Labute approximate surface area is 172 Å². The van der Waals surface area contributed by atoms with Gasteiger partial charge in [-0.15, -0.1) is 0 Å². The Kier molecular flexibility index (Phi) is 10.2. The van der Waals surface area contributed by atoms with Gasteiger partial charge in [-0.05, 0) is 29.9 Å². The lowest BCUT2D eigenvalue weighted by atomic mass is 9.95. The number of benzene rings is 1. The molecule has 1 aromatic rings. The van der Waals surface area contributed by atoms with E-state index in [2.05, 4.69) is 19.2 Å². The molecule has 1 rings (SSSR count). The Morgan fingerprint density at radius 2 is 1.66 bits per heavy atom. The highest BCUT2D eigenvalue weighted by molar-refractivity contribution is 5.73. The van der Waals surface area contributed by atoms with Crippen LogP contribution >= 0.6 is 0 Å². The molecular formula is C22H33NO6. The van der Waals surface area contributed by atoms with Crippen LogP contribution in [0.2, 0.25) is 0 Å². The predicted octanol–water partition coefficient (Wildman–Crippen LogP) is 3.79. The quantitative estimate of drug-likeness (QED) is 0.427. The number of hydrogen-bond acceptors (Lipinski definition) is 5. The average Bonchev–Trinajstić information content (AvgIpc) is 2.63. The minimum atomic E-state index is -1.02. The van der Waals surface area contributed by atoms with E-state index in [1.165, 1.54) is 0 Å². The summed E-state index contributed by atoms with van der Waals surface area (Å²) in [5, 5.41) is 12.0. The minimum absolute atomic E-state index is 0.0882. The summed E-state index contributed by atoms with van der Waals surface area (Å²) >= 11 is 0. The molecule has 1 amide bonds. The largest absolute Gasteiger partial charge is 0.481 e. The van der Waals surface area contributed by atoms with Gasteiger partial charge in [-0.2, -0.15) is 0 Å². The maximum absolute atomic E-state index is 12.1. The molecule has 0 aliphatic rings. The zero-order valence-electron chi connectivity index (χ0n) is 17.9. The lowest BCUT2D eigenvalue weighted by molar-refractivity contribution is -0.174. The first-order chi connectivity index (χ1) is 13.6. The van der Waals surface area contributed by atoms with E-state index in [9.17, 15) is 19.5 Å². The Morgan fingerprint density at radius 3 is 2.17 bits per heavy atom. The summed E-state index contributed by atoms with van der Waals surface area (Å²) in [6, 6.07) is 7.84. The van der Waals surface area contributed by atoms with Crippen LogP contribution in [-0.2, 0) is 31.9 Å². The lowest BCUT2D eigenvalue weighted by Crippen LogP contribution is -2.38. The van der Waals surface area contributed by atoms with Crippen LogP contribution in [0.4, 0.5) is 4.79 Å². The second-order valence-corrected chi connectivity index (χ2v) is 7.90. The maximum Gasteiger partial charge on any atom is 0.410 e. The minimum Gasteiger partial charge on any atom is -0.481 e. The number of hydrogen-bond donors (Lipinski definition) is 2. The van der Waals surface area contributed by atoms with Crippen LogP contribution in [0.15, 0.2) is 24.3 Å². The van der Waals surface area contributed by atoms with Crippen molar-refractivity contribution in [3.05, 3.63) is 35.4 Å². The average molecular weight is 408 g/mol. The summed E-state index contributed by atoms with van der Waals surface area (Å²) in [6.07, 6.45) is -0.445. The van der Waals surface area contributed by atoms with Crippen molar-refractivity contribution >= 4 is 18.0 Å². The molecule has 0 saturated heterocycles. The van der Waals surface area contributed by atoms with Crippen molar-refractivity contribution in [3.8, 4) is 0 Å². The molecule has 0 aromatic heterocycles. The molecule has 0 fully saturated rings. The van der Waals surface area contributed by atoms with Crippen LogP contribution in [0.25, 0.3) is 0 Å². The van der Waals surface area contributed by atoms with E-state index in [-0.39, 0.29) is 18.9 Å². The third-order valence-electron chi connectivity index (χ3n) is 4.26. The van der Waals surface area contributed by atoms with Gasteiger partial charge in [0.15, 0.2) is 0 Å². The van der Waals surface area contributed by atoms with Gasteiger partial charge in [-0.3, -0.25) is 9.59 Å². The van der Waals surface area contributed by atoms with Gasteiger partial charge in [-0.1, -0.05) is 58.9 Å². The van der Waals surface area contributed by atoms with Crippen LogP contribution in [0.1, 0.15) is 52.2 Å². The number of amides is 1. The van der Waals surface area contributed by atoms with E-state index in [0.717, 1.165) is 17.5 Å². The Balaban J connectivity index is 2.67. The number of rotatable bonds is 11. The molecule has 29 heavy (non-hydrogen) atoms. The zero-order valence-corrected chi connectivity index (χ0v) is 17.9. The number of carbonyl (C=O) groups is 3. The number of nitrogens with one attached hydrogen (secondary N) is 1. The van der Waals surface area contributed by atoms with Crippen LogP contribution < -0.4 is 5.32 Å². The van der Waals surface area contributed by atoms with Crippen molar-refractivity contribution in [2.75, 3.05) is 6.54 Å². The SMILES string of the molecule is CCC(=O)O[C@H](OC(=O)NC[C@H](Cc1cccc(CC(C)C)c1)C(=O)O)C(C)C. The number of esters is 1. The Hall–Kier alpha value is -2.57. The van der Waals surface area contributed by atoms with Gasteiger partial charge in [0.1, 0.15) is 0 Å². The molecule has 0 spiro atoms. The van der Waals surface area contributed by atoms with Crippen LogP contribution in [0.3, 0.4) is 0 Å². The molecule has 0 heterocycles. The second-order valence-electron chi connectivity index (χ2n) is 7.90. The summed E-state index contributed by atoms with van der Waals surface area (Å²) in [5.74, 6) is -1.99. The number of carboxylic acid groups (broad SMARTS) is 1. The fourth-order valence-corrected chi connectivity index (χ4v) is 2.75. The van der Waals surface area contributed by atoms with Gasteiger partial charge < -0.3 is 19.9 Å². The molecular weight excluding hydrogens is 374 g/mol. The summed E-state index contributed by atoms with van der Waals surface area (Å²) in [4.78, 5) is 35.1. The molecule has 0 unspecified atom stereocenters. The molecule has 7 nitrogen and oxygen atoms in total. The number of aliphatic carboxylic acids is 1. The number of carbonyl (C=O) groups excluding carboxylic acids is 2. The number of carboxylic acids is 1. The highest BCUT2D eigenvalue weighted by atomic mass is 16.7.